The van der Waals surface area contributed by atoms with E-state index in [0.29, 0.717) is 41.9 Å². The smallest absolute Gasteiger partial charge is 0.179 e. The Morgan fingerprint density at radius 1 is 1.08 bits per heavy atom. The monoisotopic (exact) mass is 365 g/mol. The molecule has 0 saturated heterocycles. The van der Waals surface area contributed by atoms with Crippen molar-refractivity contribution in [2.75, 3.05) is 19.8 Å². The summed E-state index contributed by atoms with van der Waals surface area (Å²) in [5.74, 6) is 1.82. The third kappa shape index (κ3) is 4.76. The van der Waals surface area contributed by atoms with Crippen molar-refractivity contribution >= 4 is 28.8 Å². The Bertz CT molecular complexity index is 721. The molecule has 0 spiro atoms. The lowest BCUT2D eigenvalue weighted by molar-refractivity contribution is 0.208. The molecule has 4 nitrogen and oxygen atoms in total. The Kier molecular flexibility index (Phi) is 6.70. The highest BCUT2D eigenvalue weighted by Gasteiger charge is 2.14. The van der Waals surface area contributed by atoms with Crippen molar-refractivity contribution < 1.29 is 14.2 Å². The maximum atomic E-state index is 6.27. The number of hydrogen-bond acceptors (Lipinski definition) is 4. The lowest BCUT2D eigenvalue weighted by Gasteiger charge is -2.15. The van der Waals surface area contributed by atoms with Gasteiger partial charge in [-0.1, -0.05) is 42.0 Å². The second kappa shape index (κ2) is 8.76. The van der Waals surface area contributed by atoms with Gasteiger partial charge in [0.05, 0.1) is 11.6 Å². The normalized spacial score (nSPS) is 10.3. The fourth-order valence-corrected chi connectivity index (χ4v) is 2.51. The first-order valence-corrected chi connectivity index (χ1v) is 8.39. The summed E-state index contributed by atoms with van der Waals surface area (Å²) >= 11 is 11.3. The fourth-order valence-electron chi connectivity index (χ4n) is 2.13. The number of thiocarbonyl (C=S) groups is 1. The molecule has 24 heavy (non-hydrogen) atoms. The summed E-state index contributed by atoms with van der Waals surface area (Å²) in [6.07, 6.45) is 0. The van der Waals surface area contributed by atoms with Gasteiger partial charge in [0, 0.05) is 5.56 Å². The number of nitrogens with two attached hydrogens (primary N) is 1. The van der Waals surface area contributed by atoms with Gasteiger partial charge >= 0.3 is 0 Å². The van der Waals surface area contributed by atoms with E-state index < -0.39 is 0 Å². The molecule has 0 aromatic heterocycles. The van der Waals surface area contributed by atoms with E-state index in [9.17, 15) is 0 Å². The van der Waals surface area contributed by atoms with Crippen LogP contribution < -0.4 is 19.9 Å². The van der Waals surface area contributed by atoms with Crippen LogP contribution in [0.5, 0.6) is 17.2 Å². The molecule has 0 aliphatic heterocycles. The Hall–Kier alpha value is -1.98. The van der Waals surface area contributed by atoms with Crippen LogP contribution in [0.3, 0.4) is 0 Å². The van der Waals surface area contributed by atoms with Crippen LogP contribution in [0.15, 0.2) is 36.4 Å². The van der Waals surface area contributed by atoms with Crippen LogP contribution in [-0.2, 0) is 0 Å². The Morgan fingerprint density at radius 2 is 1.79 bits per heavy atom. The van der Waals surface area contributed by atoms with Gasteiger partial charge in [-0.3, -0.25) is 0 Å². The molecular formula is C18H20ClNO3S. The van der Waals surface area contributed by atoms with Crippen molar-refractivity contribution in [1.82, 2.24) is 0 Å². The third-order valence-corrected chi connectivity index (χ3v) is 3.79. The van der Waals surface area contributed by atoms with Crippen molar-refractivity contribution in [3.8, 4) is 17.2 Å². The predicted molar refractivity (Wildman–Crippen MR) is 101 cm³/mol. The molecule has 0 aliphatic rings. The average molecular weight is 366 g/mol. The molecule has 0 bridgehead atoms. The average Bonchev–Trinajstić information content (AvgIpc) is 2.54. The number of hydrogen-bond donors (Lipinski definition) is 1. The molecule has 0 amide bonds. The Balaban J connectivity index is 2.03. The molecule has 2 rings (SSSR count). The predicted octanol–water partition coefficient (Wildman–Crippen LogP) is 4.14. The number of para-hydroxylation sites is 1. The highest BCUT2D eigenvalue weighted by Crippen LogP contribution is 2.36. The Morgan fingerprint density at radius 3 is 2.46 bits per heavy atom. The van der Waals surface area contributed by atoms with Gasteiger partial charge in [-0.25, -0.2) is 0 Å². The van der Waals surface area contributed by atoms with Gasteiger partial charge in [-0.15, -0.1) is 0 Å². The first kappa shape index (κ1) is 18.4. The van der Waals surface area contributed by atoms with Gasteiger partial charge < -0.3 is 19.9 Å². The SMILES string of the molecule is CCOc1cc(C(N)=S)cc(Cl)c1OCCOc1ccccc1C. The minimum atomic E-state index is 0.257. The van der Waals surface area contributed by atoms with E-state index in [1.54, 1.807) is 12.1 Å². The van der Waals surface area contributed by atoms with E-state index >= 15 is 0 Å². The summed E-state index contributed by atoms with van der Waals surface area (Å²) in [7, 11) is 0. The molecule has 0 heterocycles. The van der Waals surface area contributed by atoms with Gasteiger partial charge in [0.1, 0.15) is 24.0 Å². The van der Waals surface area contributed by atoms with Crippen molar-refractivity contribution in [1.29, 1.82) is 0 Å². The second-order valence-electron chi connectivity index (χ2n) is 5.05. The molecule has 2 aromatic rings. The van der Waals surface area contributed by atoms with Gasteiger partial charge in [-0.2, -0.15) is 0 Å². The quantitative estimate of drug-likeness (QED) is 0.562. The van der Waals surface area contributed by atoms with Crippen LogP contribution in [0, 0.1) is 6.92 Å². The number of ether oxygens (including phenoxy) is 3. The first-order valence-electron chi connectivity index (χ1n) is 7.60. The summed E-state index contributed by atoms with van der Waals surface area (Å²) in [4.78, 5) is 0.257. The first-order chi connectivity index (χ1) is 11.5. The molecule has 0 radical (unpaired) electrons. The van der Waals surface area contributed by atoms with Gasteiger partial charge in [0.25, 0.3) is 0 Å². The van der Waals surface area contributed by atoms with Crippen LogP contribution in [0.4, 0.5) is 0 Å². The summed E-state index contributed by atoms with van der Waals surface area (Å²) in [6.45, 7) is 5.08. The summed E-state index contributed by atoms with van der Waals surface area (Å²) in [6, 6.07) is 11.2. The molecule has 2 N–H and O–H groups in total. The second-order valence-corrected chi connectivity index (χ2v) is 5.89. The highest BCUT2D eigenvalue weighted by molar-refractivity contribution is 7.80. The number of aryl methyl sites for hydroxylation is 1. The van der Waals surface area contributed by atoms with E-state index in [4.69, 9.17) is 43.8 Å². The lowest BCUT2D eigenvalue weighted by Crippen LogP contribution is -2.13. The van der Waals surface area contributed by atoms with Gasteiger partial charge in [0.15, 0.2) is 11.5 Å². The van der Waals surface area contributed by atoms with Crippen molar-refractivity contribution in [2.24, 2.45) is 5.73 Å². The lowest BCUT2D eigenvalue weighted by atomic mass is 10.2. The van der Waals surface area contributed by atoms with Crippen LogP contribution in [0.25, 0.3) is 0 Å². The molecule has 128 valence electrons. The Labute approximate surface area is 152 Å². The van der Waals surface area contributed by atoms with Crippen LogP contribution >= 0.6 is 23.8 Å². The van der Waals surface area contributed by atoms with E-state index in [2.05, 4.69) is 0 Å². The highest BCUT2D eigenvalue weighted by atomic mass is 35.5. The number of halogens is 1. The zero-order chi connectivity index (χ0) is 17.5. The summed E-state index contributed by atoms with van der Waals surface area (Å²) in [5, 5.41) is 0.402. The molecule has 2 aromatic carbocycles. The van der Waals surface area contributed by atoms with Crippen molar-refractivity contribution in [2.45, 2.75) is 13.8 Å². The molecule has 0 atom stereocenters. The van der Waals surface area contributed by atoms with E-state index in [0.717, 1.165) is 11.3 Å². The van der Waals surface area contributed by atoms with Crippen molar-refractivity contribution in [3.63, 3.8) is 0 Å². The maximum Gasteiger partial charge on any atom is 0.179 e. The van der Waals surface area contributed by atoms with Crippen LogP contribution in [0.1, 0.15) is 18.1 Å². The number of benzene rings is 2. The van der Waals surface area contributed by atoms with E-state index in [-0.39, 0.29) is 4.99 Å². The molecule has 6 heteroatoms. The van der Waals surface area contributed by atoms with E-state index in [1.807, 2.05) is 38.1 Å². The van der Waals surface area contributed by atoms with Crippen molar-refractivity contribution in [3.05, 3.63) is 52.5 Å². The fraction of sp³-hybridized carbons (Fsp3) is 0.278. The van der Waals surface area contributed by atoms with Gasteiger partial charge in [-0.05, 0) is 37.6 Å². The minimum Gasteiger partial charge on any atom is -0.490 e. The zero-order valence-electron chi connectivity index (χ0n) is 13.7. The van der Waals surface area contributed by atoms with Crippen LogP contribution in [0.2, 0.25) is 5.02 Å². The van der Waals surface area contributed by atoms with E-state index in [1.165, 1.54) is 0 Å². The largest absolute Gasteiger partial charge is 0.490 e. The van der Waals surface area contributed by atoms with Crippen LogP contribution in [-0.4, -0.2) is 24.8 Å². The topological polar surface area (TPSA) is 53.7 Å². The third-order valence-electron chi connectivity index (χ3n) is 3.27. The molecule has 0 fully saturated rings. The zero-order valence-corrected chi connectivity index (χ0v) is 15.2. The summed E-state index contributed by atoms with van der Waals surface area (Å²) < 4.78 is 17.0. The molecule has 0 unspecified atom stereocenters. The van der Waals surface area contributed by atoms with Gasteiger partial charge in [0.2, 0.25) is 0 Å². The molecular weight excluding hydrogens is 346 g/mol. The minimum absolute atomic E-state index is 0.257. The number of rotatable bonds is 8. The molecule has 0 aliphatic carbocycles. The summed E-state index contributed by atoms with van der Waals surface area (Å²) in [5.41, 5.74) is 7.37. The molecule has 0 saturated carbocycles. The standard InChI is InChI=1S/C18H20ClNO3S/c1-3-21-16-11-13(18(20)24)10-14(19)17(16)23-9-8-22-15-7-5-4-6-12(15)2/h4-7,10-11H,3,8-9H2,1-2H3,(H2,20,24). The maximum absolute atomic E-state index is 6.27.